The summed E-state index contributed by atoms with van der Waals surface area (Å²) in [7, 11) is 0. The third-order valence-electron chi connectivity index (χ3n) is 2.45. The fraction of sp³-hybridized carbons (Fsp3) is 0.429. The van der Waals surface area contributed by atoms with E-state index in [0.29, 0.717) is 6.54 Å². The first kappa shape index (κ1) is 15.6. The van der Waals surface area contributed by atoms with Crippen molar-refractivity contribution in [2.45, 2.75) is 31.2 Å². The highest BCUT2D eigenvalue weighted by Crippen LogP contribution is 2.17. The molecule has 1 aromatic carbocycles. The van der Waals surface area contributed by atoms with Gasteiger partial charge in [0, 0.05) is 18.4 Å². The minimum absolute atomic E-state index is 0.139. The summed E-state index contributed by atoms with van der Waals surface area (Å²) in [5, 5.41) is 5.36. The molecule has 0 aromatic heterocycles. The van der Waals surface area contributed by atoms with E-state index >= 15 is 0 Å². The van der Waals surface area contributed by atoms with E-state index in [-0.39, 0.29) is 11.8 Å². The van der Waals surface area contributed by atoms with Crippen LogP contribution in [0.5, 0.6) is 0 Å². The molecule has 104 valence electrons. The van der Waals surface area contributed by atoms with E-state index in [9.17, 15) is 9.59 Å². The van der Waals surface area contributed by atoms with Crippen LogP contribution in [0.2, 0.25) is 0 Å². The van der Waals surface area contributed by atoms with Gasteiger partial charge in [-0.3, -0.25) is 9.59 Å². The molecular formula is C14H20N2O2S. The fourth-order valence-electron chi connectivity index (χ4n) is 1.51. The summed E-state index contributed by atoms with van der Waals surface area (Å²) in [6.45, 7) is 3.71. The van der Waals surface area contributed by atoms with Gasteiger partial charge in [-0.15, -0.1) is 11.8 Å². The summed E-state index contributed by atoms with van der Waals surface area (Å²) in [5.74, 6) is 0.626. The molecule has 1 atom stereocenters. The minimum atomic E-state index is -0.473. The lowest BCUT2D eigenvalue weighted by molar-refractivity contribution is -0.127. The maximum absolute atomic E-state index is 11.6. The molecule has 0 bridgehead atoms. The zero-order valence-electron chi connectivity index (χ0n) is 11.3. The maximum atomic E-state index is 11.6. The molecule has 1 aromatic rings. The van der Waals surface area contributed by atoms with Crippen molar-refractivity contribution in [3.63, 3.8) is 0 Å². The highest BCUT2D eigenvalue weighted by molar-refractivity contribution is 7.99. The molecule has 2 amide bonds. The number of nitrogens with one attached hydrogen (secondary N) is 2. The highest BCUT2D eigenvalue weighted by Gasteiger charge is 2.12. The molecule has 0 fully saturated rings. The molecule has 0 aliphatic carbocycles. The van der Waals surface area contributed by atoms with Gasteiger partial charge >= 0.3 is 0 Å². The van der Waals surface area contributed by atoms with Crippen LogP contribution in [-0.4, -0.2) is 30.2 Å². The summed E-state index contributed by atoms with van der Waals surface area (Å²) in [4.78, 5) is 23.6. The Morgan fingerprint density at radius 1 is 1.26 bits per heavy atom. The predicted octanol–water partition coefficient (Wildman–Crippen LogP) is 1.81. The molecule has 2 N–H and O–H groups in total. The van der Waals surface area contributed by atoms with Gasteiger partial charge in [-0.05, 0) is 31.2 Å². The first-order valence-corrected chi connectivity index (χ1v) is 7.31. The van der Waals surface area contributed by atoms with Crippen LogP contribution in [0.1, 0.15) is 20.3 Å². The molecule has 0 aliphatic rings. The lowest BCUT2D eigenvalue weighted by Crippen LogP contribution is -2.44. The van der Waals surface area contributed by atoms with Gasteiger partial charge in [0.15, 0.2) is 0 Å². The number of thioether (sulfide) groups is 1. The second-order valence-corrected chi connectivity index (χ2v) is 5.40. The van der Waals surface area contributed by atoms with Crippen LogP contribution >= 0.6 is 11.8 Å². The van der Waals surface area contributed by atoms with Crippen LogP contribution in [0.4, 0.5) is 0 Å². The van der Waals surface area contributed by atoms with E-state index in [1.165, 1.54) is 11.8 Å². The minimum Gasteiger partial charge on any atom is -0.354 e. The SMILES string of the molecule is CC(=O)NC(C)C(=O)NCCCSc1ccccc1. The summed E-state index contributed by atoms with van der Waals surface area (Å²) < 4.78 is 0. The average molecular weight is 280 g/mol. The second kappa shape index (κ2) is 8.58. The Morgan fingerprint density at radius 3 is 2.58 bits per heavy atom. The Hall–Kier alpha value is -1.49. The summed E-state index contributed by atoms with van der Waals surface area (Å²) >= 11 is 1.77. The maximum Gasteiger partial charge on any atom is 0.242 e. The molecule has 0 heterocycles. The zero-order valence-corrected chi connectivity index (χ0v) is 12.1. The number of hydrogen-bond acceptors (Lipinski definition) is 3. The molecule has 4 nitrogen and oxygen atoms in total. The van der Waals surface area contributed by atoms with Crippen LogP contribution in [0.25, 0.3) is 0 Å². The quantitative estimate of drug-likeness (QED) is 0.591. The zero-order chi connectivity index (χ0) is 14.1. The van der Waals surface area contributed by atoms with E-state index in [4.69, 9.17) is 0 Å². The Balaban J connectivity index is 2.10. The van der Waals surface area contributed by atoms with Crippen LogP contribution in [-0.2, 0) is 9.59 Å². The summed E-state index contributed by atoms with van der Waals surface area (Å²) in [5.41, 5.74) is 0. The normalized spacial score (nSPS) is 11.7. The number of hydrogen-bond donors (Lipinski definition) is 2. The molecule has 1 unspecified atom stereocenters. The molecule has 0 spiro atoms. The van der Waals surface area contributed by atoms with Crippen molar-refractivity contribution < 1.29 is 9.59 Å². The lowest BCUT2D eigenvalue weighted by atomic mass is 10.3. The summed E-state index contributed by atoms with van der Waals surface area (Å²) in [6.07, 6.45) is 0.901. The van der Waals surface area contributed by atoms with Gasteiger partial charge in [0.2, 0.25) is 11.8 Å². The van der Waals surface area contributed by atoms with Crippen molar-refractivity contribution in [3.8, 4) is 0 Å². The molecular weight excluding hydrogens is 260 g/mol. The first-order chi connectivity index (χ1) is 9.09. The molecule has 5 heteroatoms. The molecule has 0 aliphatic heterocycles. The number of carbonyl (C=O) groups excluding carboxylic acids is 2. The molecule has 19 heavy (non-hydrogen) atoms. The van der Waals surface area contributed by atoms with E-state index in [1.807, 2.05) is 18.2 Å². The van der Waals surface area contributed by atoms with Crippen molar-refractivity contribution in [3.05, 3.63) is 30.3 Å². The summed E-state index contributed by atoms with van der Waals surface area (Å²) in [6, 6.07) is 9.69. The van der Waals surface area contributed by atoms with Gasteiger partial charge in [0.1, 0.15) is 6.04 Å². The highest BCUT2D eigenvalue weighted by atomic mass is 32.2. The molecule has 0 radical (unpaired) electrons. The van der Waals surface area contributed by atoms with Crippen molar-refractivity contribution in [2.24, 2.45) is 0 Å². The van der Waals surface area contributed by atoms with Gasteiger partial charge in [-0.25, -0.2) is 0 Å². The first-order valence-electron chi connectivity index (χ1n) is 6.32. The van der Waals surface area contributed by atoms with Gasteiger partial charge in [-0.1, -0.05) is 18.2 Å². The van der Waals surface area contributed by atoms with Gasteiger partial charge in [0.05, 0.1) is 0 Å². The second-order valence-electron chi connectivity index (χ2n) is 4.23. The smallest absolute Gasteiger partial charge is 0.242 e. The van der Waals surface area contributed by atoms with E-state index in [2.05, 4.69) is 22.8 Å². The molecule has 0 saturated heterocycles. The van der Waals surface area contributed by atoms with Crippen LogP contribution in [0.15, 0.2) is 35.2 Å². The molecule has 0 saturated carbocycles. The Labute approximate surface area is 118 Å². The van der Waals surface area contributed by atoms with Gasteiger partial charge in [-0.2, -0.15) is 0 Å². The topological polar surface area (TPSA) is 58.2 Å². The van der Waals surface area contributed by atoms with Crippen molar-refractivity contribution in [2.75, 3.05) is 12.3 Å². The largest absolute Gasteiger partial charge is 0.354 e. The van der Waals surface area contributed by atoms with Crippen molar-refractivity contribution in [1.29, 1.82) is 0 Å². The van der Waals surface area contributed by atoms with Gasteiger partial charge in [0.25, 0.3) is 0 Å². The van der Waals surface area contributed by atoms with Crippen LogP contribution < -0.4 is 10.6 Å². The fourth-order valence-corrected chi connectivity index (χ4v) is 2.39. The van der Waals surface area contributed by atoms with Crippen molar-refractivity contribution >= 4 is 23.6 Å². The standard InChI is InChI=1S/C14H20N2O2S/c1-11(16-12(2)17)14(18)15-9-6-10-19-13-7-4-3-5-8-13/h3-5,7-8,11H,6,9-10H2,1-2H3,(H,15,18)(H,16,17). The van der Waals surface area contributed by atoms with E-state index < -0.39 is 6.04 Å². The van der Waals surface area contributed by atoms with E-state index in [1.54, 1.807) is 18.7 Å². The Kier molecular flexibility index (Phi) is 7.03. The Bertz CT molecular complexity index is 409. The number of benzene rings is 1. The average Bonchev–Trinajstić information content (AvgIpc) is 2.38. The van der Waals surface area contributed by atoms with Gasteiger partial charge < -0.3 is 10.6 Å². The third-order valence-corrected chi connectivity index (χ3v) is 3.54. The Morgan fingerprint density at radius 2 is 1.95 bits per heavy atom. The molecule has 1 rings (SSSR count). The third kappa shape index (κ3) is 6.86. The number of rotatable bonds is 7. The monoisotopic (exact) mass is 280 g/mol. The van der Waals surface area contributed by atoms with Crippen LogP contribution in [0.3, 0.4) is 0 Å². The van der Waals surface area contributed by atoms with E-state index in [0.717, 1.165) is 12.2 Å². The number of carbonyl (C=O) groups is 2. The lowest BCUT2D eigenvalue weighted by Gasteiger charge is -2.12. The predicted molar refractivity (Wildman–Crippen MR) is 78.1 cm³/mol. The van der Waals surface area contributed by atoms with Crippen LogP contribution in [0, 0.1) is 0 Å². The van der Waals surface area contributed by atoms with Crippen molar-refractivity contribution in [1.82, 2.24) is 10.6 Å². The number of amides is 2.